The second-order valence-electron chi connectivity index (χ2n) is 19.7. The van der Waals surface area contributed by atoms with Crippen LogP contribution in [0.5, 0.6) is 11.5 Å². The Morgan fingerprint density at radius 2 is 1.76 bits per heavy atom. The number of thiophene rings is 1. The quantitative estimate of drug-likeness (QED) is 0.0463. The number of H-pyrrole nitrogens is 1. The van der Waals surface area contributed by atoms with Crippen LogP contribution in [0.2, 0.25) is 0 Å². The zero-order chi connectivity index (χ0) is 49.5. The highest BCUT2D eigenvalue weighted by Gasteiger charge is 2.33. The number of nitrogens with one attached hydrogen (secondary N) is 3. The van der Waals surface area contributed by atoms with Crippen molar-refractivity contribution in [1.29, 1.82) is 0 Å². The van der Waals surface area contributed by atoms with Crippen molar-refractivity contribution in [3.8, 4) is 22.6 Å². The van der Waals surface area contributed by atoms with Crippen LogP contribution in [0.4, 0.5) is 30.2 Å². The molecule has 1 amide bonds. The summed E-state index contributed by atoms with van der Waals surface area (Å²) in [7, 11) is -4.63. The van der Waals surface area contributed by atoms with E-state index in [0.29, 0.717) is 62.5 Å². The largest absolute Gasteiger partial charge is 0.455 e. The Morgan fingerprint density at radius 3 is 2.51 bits per heavy atom. The number of sulfonamides is 1. The number of hydrogen-bond acceptors (Lipinski definition) is 12. The van der Waals surface area contributed by atoms with Crippen LogP contribution in [-0.2, 0) is 10.0 Å². The van der Waals surface area contributed by atoms with E-state index >= 15 is 0 Å². The second-order valence-corrected chi connectivity index (χ2v) is 22.3. The lowest BCUT2D eigenvalue weighted by Crippen LogP contribution is -2.47. The van der Waals surface area contributed by atoms with Crippen LogP contribution in [0, 0.1) is 38.9 Å². The summed E-state index contributed by atoms with van der Waals surface area (Å²) in [6.45, 7) is 10.0. The van der Waals surface area contributed by atoms with Crippen LogP contribution in [0.1, 0.15) is 81.0 Å². The Labute approximate surface area is 407 Å². The maximum Gasteiger partial charge on any atom is 0.293 e. The third-order valence-electron chi connectivity index (χ3n) is 13.9. The molecule has 0 radical (unpaired) electrons. The lowest BCUT2D eigenvalue weighted by atomic mass is 9.73. The number of nitrogens with zero attached hydrogens (tertiary/aromatic N) is 4. The fraction of sp³-hybridized carbons (Fsp3) is 0.373. The molecule has 4 N–H and O–H groups in total. The lowest BCUT2D eigenvalue weighted by Gasteiger charge is -2.39. The Morgan fingerprint density at radius 1 is 0.986 bits per heavy atom. The van der Waals surface area contributed by atoms with Gasteiger partial charge in [0.15, 0.2) is 17.5 Å². The number of hydrogen-bond donors (Lipinski definition) is 4. The average molecular weight is 998 g/mol. The number of nitro groups is 1. The summed E-state index contributed by atoms with van der Waals surface area (Å²) >= 11 is 1.47. The van der Waals surface area contributed by atoms with Gasteiger partial charge in [0.25, 0.3) is 21.6 Å². The monoisotopic (exact) mass is 997 g/mol. The molecule has 6 aromatic rings. The van der Waals surface area contributed by atoms with Crippen LogP contribution in [0.3, 0.4) is 0 Å². The van der Waals surface area contributed by atoms with Gasteiger partial charge in [-0.3, -0.25) is 19.8 Å². The summed E-state index contributed by atoms with van der Waals surface area (Å²) in [6, 6.07) is 16.0. The maximum atomic E-state index is 14.8. The zero-order valence-corrected chi connectivity index (χ0v) is 40.6. The third kappa shape index (κ3) is 10.7. The zero-order valence-electron chi connectivity index (χ0n) is 39.0. The van der Waals surface area contributed by atoms with Crippen molar-refractivity contribution in [2.75, 3.05) is 49.5 Å². The normalized spacial score (nSPS) is 19.9. The van der Waals surface area contributed by atoms with E-state index in [9.17, 15) is 41.6 Å². The average Bonchev–Trinajstić information content (AvgIpc) is 4.01. The summed E-state index contributed by atoms with van der Waals surface area (Å²) in [5, 5.41) is 28.1. The number of aliphatic hydroxyl groups is 1. The minimum absolute atomic E-state index is 0.0198. The number of allylic oxidation sites excluding steroid dienone is 1. The highest BCUT2D eigenvalue weighted by molar-refractivity contribution is 7.90. The molecular weight excluding hydrogens is 944 g/mol. The smallest absolute Gasteiger partial charge is 0.293 e. The molecule has 19 heteroatoms. The molecule has 3 aromatic carbocycles. The van der Waals surface area contributed by atoms with Crippen LogP contribution in [0.15, 0.2) is 95.0 Å². The summed E-state index contributed by atoms with van der Waals surface area (Å²) in [5.41, 5.74) is 3.25. The number of benzene rings is 3. The number of aromatic amines is 1. The van der Waals surface area contributed by atoms with E-state index < -0.39 is 54.5 Å². The summed E-state index contributed by atoms with van der Waals surface area (Å²) < 4.78 is 78.6. The van der Waals surface area contributed by atoms with Crippen molar-refractivity contribution in [2.24, 2.45) is 11.3 Å². The molecule has 1 saturated heterocycles. The fourth-order valence-electron chi connectivity index (χ4n) is 9.64. The number of amides is 1. The minimum atomic E-state index is -4.63. The molecule has 1 saturated carbocycles. The first-order valence-electron chi connectivity index (χ1n) is 23.3. The molecule has 0 bridgehead atoms. The molecule has 0 spiro atoms. The number of pyridine rings is 1. The van der Waals surface area contributed by atoms with Gasteiger partial charge in [0.05, 0.1) is 27.2 Å². The van der Waals surface area contributed by atoms with Crippen molar-refractivity contribution in [3.05, 3.63) is 128 Å². The van der Waals surface area contributed by atoms with E-state index in [1.807, 2.05) is 12.1 Å². The van der Waals surface area contributed by atoms with Gasteiger partial charge >= 0.3 is 0 Å². The topological polar surface area (TPSA) is 183 Å². The lowest BCUT2D eigenvalue weighted by molar-refractivity contribution is -0.384. The van der Waals surface area contributed by atoms with Crippen LogP contribution >= 0.6 is 11.3 Å². The van der Waals surface area contributed by atoms with E-state index in [-0.39, 0.29) is 33.9 Å². The predicted octanol–water partition coefficient (Wildman–Crippen LogP) is 10.7. The number of carbonyl (C=O) groups excluding carboxylic acids is 1. The molecule has 9 rings (SSSR count). The van der Waals surface area contributed by atoms with Crippen molar-refractivity contribution in [1.82, 2.24) is 19.6 Å². The highest BCUT2D eigenvalue weighted by Crippen LogP contribution is 2.46. The molecule has 14 nitrogen and oxygen atoms in total. The van der Waals surface area contributed by atoms with E-state index in [0.717, 1.165) is 66.7 Å². The van der Waals surface area contributed by atoms with Gasteiger partial charge in [0.2, 0.25) is 0 Å². The fourth-order valence-corrected chi connectivity index (χ4v) is 11.6. The molecule has 70 heavy (non-hydrogen) atoms. The minimum Gasteiger partial charge on any atom is -0.455 e. The molecule has 0 atom stereocenters. The molecular formula is C51H54F3N7O7S2. The Balaban J connectivity index is 0.918. The van der Waals surface area contributed by atoms with E-state index in [1.165, 1.54) is 52.9 Å². The van der Waals surface area contributed by atoms with E-state index in [2.05, 4.69) is 43.7 Å². The first kappa shape index (κ1) is 48.7. The molecule has 2 fully saturated rings. The summed E-state index contributed by atoms with van der Waals surface area (Å²) in [6.07, 6.45) is 8.62. The van der Waals surface area contributed by atoms with Gasteiger partial charge in [0, 0.05) is 79.1 Å². The Hall–Kier alpha value is -6.28. The van der Waals surface area contributed by atoms with Gasteiger partial charge < -0.3 is 25.0 Å². The Bertz CT molecular complexity index is 3120. The van der Waals surface area contributed by atoms with Gasteiger partial charge in [-0.05, 0) is 134 Å². The number of ether oxygens (including phenoxy) is 1. The number of piperazine rings is 1. The van der Waals surface area contributed by atoms with Crippen molar-refractivity contribution in [2.45, 2.75) is 76.2 Å². The van der Waals surface area contributed by atoms with Gasteiger partial charge in [0.1, 0.15) is 22.8 Å². The molecule has 3 aliphatic rings. The van der Waals surface area contributed by atoms with Crippen molar-refractivity contribution >= 4 is 60.9 Å². The standard InChI is InChI=1S/C51H54F3N7O7S2/c1-50(2)14-12-33(40(26-50)45-23-34(30-69-45)38-7-8-41(52)47(54)46(38)53)29-59-18-20-60(21-19-59)35-4-6-39(44(24-35)68-36-22-32-13-17-55-48(32)57-28-36)49(62)58-70(66,67)37-5-9-42(43(25-37)61(64)65)56-27-31-10-15-51(3,63)16-11-31/h4-9,13,17,22-25,28,30-31,56,63H,10-12,14-16,18-21,26-27,29H2,1-3H3,(H,55,57)(H,58,62). The van der Waals surface area contributed by atoms with Crippen LogP contribution in [0.25, 0.3) is 27.7 Å². The number of anilines is 2. The van der Waals surface area contributed by atoms with Crippen molar-refractivity contribution in [3.63, 3.8) is 0 Å². The van der Waals surface area contributed by atoms with Crippen LogP contribution < -0.4 is 19.7 Å². The van der Waals surface area contributed by atoms with Gasteiger partial charge in [-0.25, -0.2) is 31.3 Å². The number of rotatable bonds is 14. The van der Waals surface area contributed by atoms with Gasteiger partial charge in [-0.15, -0.1) is 11.3 Å². The van der Waals surface area contributed by atoms with Crippen molar-refractivity contribution < 1.29 is 41.2 Å². The second kappa shape index (κ2) is 19.5. The van der Waals surface area contributed by atoms with Gasteiger partial charge in [-0.2, -0.15) is 0 Å². The van der Waals surface area contributed by atoms with E-state index in [1.54, 1.807) is 36.7 Å². The summed E-state index contributed by atoms with van der Waals surface area (Å²) in [5.74, 6) is -4.38. The maximum absolute atomic E-state index is 14.8. The third-order valence-corrected chi connectivity index (χ3v) is 16.2. The number of aromatic nitrogens is 2. The summed E-state index contributed by atoms with van der Waals surface area (Å²) in [4.78, 5) is 38.0. The van der Waals surface area contributed by atoms with E-state index in [4.69, 9.17) is 4.74 Å². The van der Waals surface area contributed by atoms with Crippen LogP contribution in [-0.4, -0.2) is 84.1 Å². The number of nitro benzene ring substituents is 1. The Kier molecular flexibility index (Phi) is 13.6. The predicted molar refractivity (Wildman–Crippen MR) is 264 cm³/mol. The molecule has 368 valence electrons. The van der Waals surface area contributed by atoms with Gasteiger partial charge in [-0.1, -0.05) is 19.4 Å². The number of fused-ring (bicyclic) bond motifs is 1. The highest BCUT2D eigenvalue weighted by atomic mass is 32.2. The molecule has 1 aliphatic heterocycles. The number of halogens is 3. The molecule has 3 aromatic heterocycles. The number of carbonyl (C=O) groups is 1. The first-order chi connectivity index (χ1) is 33.3. The first-order valence-corrected chi connectivity index (χ1v) is 25.7. The molecule has 0 unspecified atom stereocenters. The molecule has 2 aliphatic carbocycles. The SMILES string of the molecule is CC1(C)CCC(CN2CCN(c3ccc(C(=O)NS(=O)(=O)c4ccc(NCC5CCC(C)(O)CC5)c([N+](=O)[O-])c4)c(Oc4cnc5[nH]ccc5c4)c3)CC2)=C(c2cc(-c3ccc(F)c(F)c3F)cs2)C1. The molecule has 4 heterocycles.